The summed E-state index contributed by atoms with van der Waals surface area (Å²) in [5.41, 5.74) is 4.32. The van der Waals surface area contributed by atoms with Gasteiger partial charge in [0.05, 0.1) is 11.0 Å². The third-order valence-corrected chi connectivity index (χ3v) is 6.04. The SMILES string of the molecule is O=C(Nc1ccncc1)c1ccc(-c2nc3cc(C(=O)NC4CCCCC4)ccc3[nH]2)cc1. The number of nitrogens with zero attached hydrogens (tertiary/aromatic N) is 2. The number of hydrogen-bond acceptors (Lipinski definition) is 4. The monoisotopic (exact) mass is 439 g/mol. The Kier molecular flexibility index (Phi) is 5.85. The number of aromatic amines is 1. The van der Waals surface area contributed by atoms with E-state index < -0.39 is 0 Å². The number of hydrogen-bond donors (Lipinski definition) is 3. The summed E-state index contributed by atoms with van der Waals surface area (Å²) >= 11 is 0. The number of imidazole rings is 1. The fraction of sp³-hybridized carbons (Fsp3) is 0.231. The Bertz CT molecular complexity index is 1280. The van der Waals surface area contributed by atoms with Gasteiger partial charge in [0.2, 0.25) is 0 Å². The molecule has 0 unspecified atom stereocenters. The Morgan fingerprint density at radius 2 is 1.58 bits per heavy atom. The van der Waals surface area contributed by atoms with Crippen LogP contribution in [0.15, 0.2) is 67.0 Å². The van der Waals surface area contributed by atoms with Crippen molar-refractivity contribution in [3.8, 4) is 11.4 Å². The maximum atomic E-state index is 12.7. The minimum Gasteiger partial charge on any atom is -0.349 e. The number of carbonyl (C=O) groups excluding carboxylic acids is 2. The molecule has 3 N–H and O–H groups in total. The number of pyridine rings is 1. The molecule has 33 heavy (non-hydrogen) atoms. The van der Waals surface area contributed by atoms with Crippen LogP contribution in [-0.4, -0.2) is 32.8 Å². The van der Waals surface area contributed by atoms with Gasteiger partial charge < -0.3 is 15.6 Å². The van der Waals surface area contributed by atoms with Crippen LogP contribution in [0, 0.1) is 0 Å². The Hall–Kier alpha value is -4.00. The number of fused-ring (bicyclic) bond motifs is 1. The molecule has 1 aliphatic carbocycles. The highest BCUT2D eigenvalue weighted by Crippen LogP contribution is 2.23. The number of aromatic nitrogens is 3. The molecule has 5 rings (SSSR count). The Morgan fingerprint density at radius 1 is 0.848 bits per heavy atom. The van der Waals surface area contributed by atoms with E-state index in [0.29, 0.717) is 22.6 Å². The second kappa shape index (κ2) is 9.24. The molecule has 1 saturated carbocycles. The first-order valence-corrected chi connectivity index (χ1v) is 11.3. The zero-order valence-corrected chi connectivity index (χ0v) is 18.2. The molecule has 166 valence electrons. The maximum absolute atomic E-state index is 12.7. The molecule has 2 aromatic carbocycles. The summed E-state index contributed by atoms with van der Waals surface area (Å²) in [5, 5.41) is 6.00. The first-order valence-electron chi connectivity index (χ1n) is 11.3. The van der Waals surface area contributed by atoms with Gasteiger partial charge in [-0.3, -0.25) is 14.6 Å². The highest BCUT2D eigenvalue weighted by molar-refractivity contribution is 6.04. The van der Waals surface area contributed by atoms with Gasteiger partial charge in [-0.05, 0) is 55.3 Å². The van der Waals surface area contributed by atoms with Crippen LogP contribution < -0.4 is 10.6 Å². The van der Waals surface area contributed by atoms with Gasteiger partial charge in [0.25, 0.3) is 11.8 Å². The third-order valence-electron chi connectivity index (χ3n) is 6.04. The lowest BCUT2D eigenvalue weighted by molar-refractivity contribution is 0.0927. The van der Waals surface area contributed by atoms with Crippen molar-refractivity contribution < 1.29 is 9.59 Å². The van der Waals surface area contributed by atoms with Crippen LogP contribution in [0.1, 0.15) is 52.8 Å². The summed E-state index contributed by atoms with van der Waals surface area (Å²) in [5.74, 6) is 0.458. The van der Waals surface area contributed by atoms with E-state index in [1.165, 1.54) is 19.3 Å². The second-order valence-electron chi connectivity index (χ2n) is 8.39. The zero-order chi connectivity index (χ0) is 22.6. The molecule has 0 aliphatic heterocycles. The predicted molar refractivity (Wildman–Crippen MR) is 128 cm³/mol. The third kappa shape index (κ3) is 4.77. The van der Waals surface area contributed by atoms with E-state index in [4.69, 9.17) is 0 Å². The van der Waals surface area contributed by atoms with Gasteiger partial charge in [-0.1, -0.05) is 31.4 Å². The van der Waals surface area contributed by atoms with Gasteiger partial charge in [-0.15, -0.1) is 0 Å². The van der Waals surface area contributed by atoms with Gasteiger partial charge in [0, 0.05) is 40.8 Å². The lowest BCUT2D eigenvalue weighted by Crippen LogP contribution is -2.36. The second-order valence-corrected chi connectivity index (χ2v) is 8.39. The number of anilines is 1. The fourth-order valence-electron chi connectivity index (χ4n) is 4.22. The van der Waals surface area contributed by atoms with Gasteiger partial charge in [0.15, 0.2) is 0 Å². The summed E-state index contributed by atoms with van der Waals surface area (Å²) in [7, 11) is 0. The highest BCUT2D eigenvalue weighted by Gasteiger charge is 2.17. The summed E-state index contributed by atoms with van der Waals surface area (Å²) in [6, 6.07) is 16.5. The Labute approximate surface area is 191 Å². The van der Waals surface area contributed by atoms with E-state index in [9.17, 15) is 9.59 Å². The molecule has 2 amide bonds. The predicted octanol–water partition coefficient (Wildman–Crippen LogP) is 4.94. The van der Waals surface area contributed by atoms with E-state index >= 15 is 0 Å². The quantitative estimate of drug-likeness (QED) is 0.410. The number of carbonyl (C=O) groups is 2. The van der Waals surface area contributed by atoms with Crippen LogP contribution in [0.25, 0.3) is 22.4 Å². The van der Waals surface area contributed by atoms with Gasteiger partial charge >= 0.3 is 0 Å². The molecule has 0 radical (unpaired) electrons. The molecule has 0 atom stereocenters. The Morgan fingerprint density at radius 3 is 2.33 bits per heavy atom. The lowest BCUT2D eigenvalue weighted by Gasteiger charge is -2.22. The molecule has 0 bridgehead atoms. The van der Waals surface area contributed by atoms with Crippen molar-refractivity contribution in [2.75, 3.05) is 5.32 Å². The molecule has 2 heterocycles. The van der Waals surface area contributed by atoms with Crippen LogP contribution >= 0.6 is 0 Å². The molecule has 7 nitrogen and oxygen atoms in total. The van der Waals surface area contributed by atoms with Crippen LogP contribution in [0.4, 0.5) is 5.69 Å². The molecule has 4 aromatic rings. The smallest absolute Gasteiger partial charge is 0.255 e. The molecular formula is C26H25N5O2. The lowest BCUT2D eigenvalue weighted by atomic mass is 9.95. The molecular weight excluding hydrogens is 414 g/mol. The number of rotatable bonds is 5. The largest absolute Gasteiger partial charge is 0.349 e. The molecule has 0 spiro atoms. The Balaban J connectivity index is 1.30. The van der Waals surface area contributed by atoms with Crippen molar-refractivity contribution in [1.82, 2.24) is 20.3 Å². The molecule has 0 saturated heterocycles. The summed E-state index contributed by atoms with van der Waals surface area (Å²) in [4.78, 5) is 37.0. The van der Waals surface area contributed by atoms with E-state index in [1.54, 1.807) is 36.7 Å². The van der Waals surface area contributed by atoms with Crippen LogP contribution in [0.3, 0.4) is 0 Å². The van der Waals surface area contributed by atoms with Crippen molar-refractivity contribution >= 4 is 28.5 Å². The van der Waals surface area contributed by atoms with E-state index in [1.807, 2.05) is 30.3 Å². The molecule has 1 aliphatic rings. The standard InChI is InChI=1S/C26H25N5O2/c32-25(29-21-12-14-27-15-13-21)18-8-6-17(7-9-18)24-30-22-11-10-19(16-23(22)31-24)26(33)28-20-4-2-1-3-5-20/h6-16,20H,1-5H2,(H,28,33)(H,30,31)(H,27,29,32). The topological polar surface area (TPSA) is 99.8 Å². The van der Waals surface area contributed by atoms with Gasteiger partial charge in [-0.25, -0.2) is 4.98 Å². The average molecular weight is 440 g/mol. The van der Waals surface area contributed by atoms with Gasteiger partial charge in [-0.2, -0.15) is 0 Å². The summed E-state index contributed by atoms with van der Waals surface area (Å²) in [6.45, 7) is 0. The normalized spacial score (nSPS) is 14.2. The van der Waals surface area contributed by atoms with Crippen molar-refractivity contribution in [1.29, 1.82) is 0 Å². The first-order chi connectivity index (χ1) is 16.2. The zero-order valence-electron chi connectivity index (χ0n) is 18.2. The minimum absolute atomic E-state index is 0.0436. The number of benzene rings is 2. The van der Waals surface area contributed by atoms with Crippen molar-refractivity contribution in [2.45, 2.75) is 38.1 Å². The van der Waals surface area contributed by atoms with E-state index in [-0.39, 0.29) is 17.9 Å². The van der Waals surface area contributed by atoms with Crippen molar-refractivity contribution in [3.63, 3.8) is 0 Å². The highest BCUT2D eigenvalue weighted by atomic mass is 16.2. The van der Waals surface area contributed by atoms with Crippen LogP contribution in [0.2, 0.25) is 0 Å². The fourth-order valence-corrected chi connectivity index (χ4v) is 4.22. The number of H-pyrrole nitrogens is 1. The maximum Gasteiger partial charge on any atom is 0.255 e. The molecule has 7 heteroatoms. The minimum atomic E-state index is -0.189. The average Bonchev–Trinajstić information content (AvgIpc) is 3.29. The van der Waals surface area contributed by atoms with E-state index in [2.05, 4.69) is 25.6 Å². The molecule has 2 aromatic heterocycles. The first kappa shape index (κ1) is 20.9. The van der Waals surface area contributed by atoms with Crippen molar-refractivity contribution in [3.05, 3.63) is 78.1 Å². The molecule has 1 fully saturated rings. The summed E-state index contributed by atoms with van der Waals surface area (Å²) < 4.78 is 0. The van der Waals surface area contributed by atoms with E-state index in [0.717, 1.165) is 29.4 Å². The van der Waals surface area contributed by atoms with Gasteiger partial charge in [0.1, 0.15) is 5.82 Å². The summed E-state index contributed by atoms with van der Waals surface area (Å²) in [6.07, 6.45) is 8.98. The van der Waals surface area contributed by atoms with Crippen molar-refractivity contribution in [2.24, 2.45) is 0 Å². The van der Waals surface area contributed by atoms with Crippen LogP contribution in [-0.2, 0) is 0 Å². The van der Waals surface area contributed by atoms with Crippen LogP contribution in [0.5, 0.6) is 0 Å². The number of nitrogens with one attached hydrogen (secondary N) is 3. The number of amides is 2.